The highest BCUT2D eigenvalue weighted by Gasteiger charge is 2.34. The maximum Gasteiger partial charge on any atom is 0.308 e. The second kappa shape index (κ2) is 12.4. The first-order valence-electron chi connectivity index (χ1n) is 12.3. The van der Waals surface area contributed by atoms with E-state index in [1.807, 2.05) is 42.5 Å². The standard InChI is InChI=1S/C28H34N2O5S/c1-34-20-4-3-5-22(16-20)36-15-14-30-13-11-19(25(18-30)28(32)33)6-9-27(31)23-10-12-29-26-8-7-21(35-2)17-24(23)26/h3-5,7-8,10,12,16-17,19,25,27,31H,6,9,11,13-15,18H2,1-2H3,(H,32,33)/t19-,25+,27+/m1/s1. The molecule has 0 spiro atoms. The lowest BCUT2D eigenvalue weighted by Crippen LogP contribution is -2.44. The zero-order chi connectivity index (χ0) is 25.5. The summed E-state index contributed by atoms with van der Waals surface area (Å²) >= 11 is 1.75. The Kier molecular flexibility index (Phi) is 9.07. The van der Waals surface area contributed by atoms with Gasteiger partial charge in [-0.25, -0.2) is 0 Å². The number of fused-ring (bicyclic) bond motifs is 1. The SMILES string of the molecule is COc1cccc(SCCN2CC[C@@H](CC[C@H](O)c3ccnc4ccc(OC)cc34)[C@@H](C(=O)O)C2)c1. The molecule has 0 aliphatic carbocycles. The Labute approximate surface area is 216 Å². The van der Waals surface area contributed by atoms with Gasteiger partial charge in [-0.3, -0.25) is 9.78 Å². The molecule has 4 rings (SSSR count). The molecule has 0 bridgehead atoms. The molecule has 8 heteroatoms. The molecule has 2 aromatic carbocycles. The van der Waals surface area contributed by atoms with E-state index in [4.69, 9.17) is 9.47 Å². The number of pyridine rings is 1. The van der Waals surface area contributed by atoms with E-state index >= 15 is 0 Å². The minimum Gasteiger partial charge on any atom is -0.497 e. The highest BCUT2D eigenvalue weighted by Crippen LogP contribution is 2.34. The van der Waals surface area contributed by atoms with Gasteiger partial charge < -0.3 is 24.6 Å². The van der Waals surface area contributed by atoms with Gasteiger partial charge >= 0.3 is 5.97 Å². The average molecular weight is 511 g/mol. The summed E-state index contributed by atoms with van der Waals surface area (Å²) in [7, 11) is 3.28. The highest BCUT2D eigenvalue weighted by atomic mass is 32.2. The number of aromatic nitrogens is 1. The smallest absolute Gasteiger partial charge is 0.308 e. The van der Waals surface area contributed by atoms with E-state index in [0.717, 1.165) is 52.4 Å². The molecule has 192 valence electrons. The van der Waals surface area contributed by atoms with E-state index in [2.05, 4.69) is 16.0 Å². The fourth-order valence-corrected chi connectivity index (χ4v) is 5.93. The molecule has 7 nitrogen and oxygen atoms in total. The van der Waals surface area contributed by atoms with Gasteiger partial charge in [0.05, 0.1) is 31.8 Å². The van der Waals surface area contributed by atoms with Crippen molar-refractivity contribution in [3.05, 3.63) is 60.3 Å². The number of benzene rings is 2. The third kappa shape index (κ3) is 6.49. The first-order chi connectivity index (χ1) is 17.5. The number of piperidine rings is 1. The predicted octanol–water partition coefficient (Wildman–Crippen LogP) is 4.88. The Balaban J connectivity index is 1.32. The summed E-state index contributed by atoms with van der Waals surface area (Å²) in [6.07, 6.45) is 3.01. The molecule has 3 atom stereocenters. The zero-order valence-electron chi connectivity index (χ0n) is 20.8. The number of aliphatic hydroxyl groups is 1. The van der Waals surface area contributed by atoms with E-state index in [1.54, 1.807) is 32.2 Å². The summed E-state index contributed by atoms with van der Waals surface area (Å²) < 4.78 is 10.6. The van der Waals surface area contributed by atoms with Gasteiger partial charge in [0.25, 0.3) is 0 Å². The number of aliphatic hydroxyl groups excluding tert-OH is 1. The van der Waals surface area contributed by atoms with Crippen molar-refractivity contribution in [2.45, 2.75) is 30.3 Å². The molecule has 1 aliphatic rings. The fourth-order valence-electron chi connectivity index (χ4n) is 4.97. The van der Waals surface area contributed by atoms with Crippen molar-refractivity contribution in [2.75, 3.05) is 39.6 Å². The molecule has 1 aromatic heterocycles. The molecule has 2 heterocycles. The number of ether oxygens (including phenoxy) is 2. The number of rotatable bonds is 11. The summed E-state index contributed by atoms with van der Waals surface area (Å²) in [5.74, 6) is 1.31. The van der Waals surface area contributed by atoms with Crippen LogP contribution in [0.25, 0.3) is 10.9 Å². The Morgan fingerprint density at radius 1 is 1.17 bits per heavy atom. The van der Waals surface area contributed by atoms with Crippen LogP contribution in [0.15, 0.2) is 59.6 Å². The van der Waals surface area contributed by atoms with E-state index in [0.29, 0.717) is 25.1 Å². The molecule has 2 N–H and O–H groups in total. The number of carboxylic acid groups (broad SMARTS) is 1. The summed E-state index contributed by atoms with van der Waals surface area (Å²) in [6.45, 7) is 2.26. The van der Waals surface area contributed by atoms with Crippen LogP contribution in [0.5, 0.6) is 11.5 Å². The maximum absolute atomic E-state index is 12.1. The number of nitrogens with zero attached hydrogens (tertiary/aromatic N) is 2. The number of carboxylic acids is 1. The van der Waals surface area contributed by atoms with Crippen LogP contribution in [0.1, 0.15) is 30.9 Å². The normalized spacial score (nSPS) is 19.2. The average Bonchev–Trinajstić information content (AvgIpc) is 2.91. The summed E-state index contributed by atoms with van der Waals surface area (Å²) in [4.78, 5) is 19.9. The Bertz CT molecular complexity index is 1170. The second-order valence-electron chi connectivity index (χ2n) is 9.20. The van der Waals surface area contributed by atoms with Crippen LogP contribution in [0, 0.1) is 11.8 Å². The van der Waals surface area contributed by atoms with Crippen molar-refractivity contribution in [3.63, 3.8) is 0 Å². The summed E-state index contributed by atoms with van der Waals surface area (Å²) in [6, 6.07) is 15.5. The van der Waals surface area contributed by atoms with Crippen molar-refractivity contribution >= 4 is 28.6 Å². The van der Waals surface area contributed by atoms with E-state index in [1.165, 1.54) is 0 Å². The molecule has 0 radical (unpaired) electrons. The fraction of sp³-hybridized carbons (Fsp3) is 0.429. The lowest BCUT2D eigenvalue weighted by molar-refractivity contribution is -0.146. The molecule has 1 saturated heterocycles. The Morgan fingerprint density at radius 2 is 1.97 bits per heavy atom. The van der Waals surface area contributed by atoms with Crippen LogP contribution >= 0.6 is 11.8 Å². The quantitative estimate of drug-likeness (QED) is 0.353. The van der Waals surface area contributed by atoms with E-state index in [9.17, 15) is 15.0 Å². The van der Waals surface area contributed by atoms with Crippen LogP contribution in [-0.2, 0) is 4.79 Å². The van der Waals surface area contributed by atoms with Gasteiger partial charge in [0.15, 0.2) is 0 Å². The predicted molar refractivity (Wildman–Crippen MR) is 142 cm³/mol. The van der Waals surface area contributed by atoms with E-state index < -0.39 is 18.0 Å². The first kappa shape index (κ1) is 26.3. The zero-order valence-corrected chi connectivity index (χ0v) is 21.6. The van der Waals surface area contributed by atoms with Gasteiger partial charge in [0.1, 0.15) is 11.5 Å². The van der Waals surface area contributed by atoms with Gasteiger partial charge in [-0.05, 0) is 79.8 Å². The van der Waals surface area contributed by atoms with Crippen molar-refractivity contribution in [2.24, 2.45) is 11.8 Å². The van der Waals surface area contributed by atoms with E-state index in [-0.39, 0.29) is 5.92 Å². The van der Waals surface area contributed by atoms with Crippen molar-refractivity contribution in [3.8, 4) is 11.5 Å². The summed E-state index contributed by atoms with van der Waals surface area (Å²) in [5.41, 5.74) is 1.61. The number of hydrogen-bond acceptors (Lipinski definition) is 7. The highest BCUT2D eigenvalue weighted by molar-refractivity contribution is 7.99. The third-order valence-corrected chi connectivity index (χ3v) is 8.00. The minimum atomic E-state index is -0.751. The largest absolute Gasteiger partial charge is 0.497 e. The molecular formula is C28H34N2O5S. The van der Waals surface area contributed by atoms with Gasteiger partial charge in [0, 0.05) is 35.3 Å². The molecule has 1 fully saturated rings. The number of methoxy groups -OCH3 is 2. The lowest BCUT2D eigenvalue weighted by Gasteiger charge is -2.37. The number of hydrogen-bond donors (Lipinski definition) is 2. The molecule has 0 saturated carbocycles. The minimum absolute atomic E-state index is 0.0436. The van der Waals surface area contributed by atoms with Gasteiger partial charge in [-0.2, -0.15) is 0 Å². The summed E-state index contributed by atoms with van der Waals surface area (Å²) in [5, 5.41) is 21.8. The van der Waals surface area contributed by atoms with Gasteiger partial charge in [-0.15, -0.1) is 11.8 Å². The number of aliphatic carboxylic acids is 1. The maximum atomic E-state index is 12.1. The van der Waals surface area contributed by atoms with Crippen LogP contribution < -0.4 is 9.47 Å². The monoisotopic (exact) mass is 510 g/mol. The first-order valence-corrected chi connectivity index (χ1v) is 13.3. The van der Waals surface area contributed by atoms with Gasteiger partial charge in [0.2, 0.25) is 0 Å². The molecule has 1 aliphatic heterocycles. The van der Waals surface area contributed by atoms with Gasteiger partial charge in [-0.1, -0.05) is 6.07 Å². The van der Waals surface area contributed by atoms with Crippen molar-refractivity contribution < 1.29 is 24.5 Å². The second-order valence-corrected chi connectivity index (χ2v) is 10.4. The Hall–Kier alpha value is -2.81. The van der Waals surface area contributed by atoms with Crippen LogP contribution in [0.2, 0.25) is 0 Å². The van der Waals surface area contributed by atoms with Crippen molar-refractivity contribution in [1.29, 1.82) is 0 Å². The topological polar surface area (TPSA) is 92.1 Å². The van der Waals surface area contributed by atoms with Crippen LogP contribution in [-0.4, -0.2) is 65.7 Å². The Morgan fingerprint density at radius 3 is 2.75 bits per heavy atom. The molecule has 3 aromatic rings. The molecule has 0 amide bonds. The molecule has 36 heavy (non-hydrogen) atoms. The molecular weight excluding hydrogens is 476 g/mol. The molecule has 0 unspecified atom stereocenters. The third-order valence-electron chi connectivity index (χ3n) is 7.03. The number of thioether (sulfide) groups is 1. The lowest BCUT2D eigenvalue weighted by atomic mass is 9.81. The number of likely N-dealkylation sites (tertiary alicyclic amines) is 1. The van der Waals surface area contributed by atoms with Crippen molar-refractivity contribution in [1.82, 2.24) is 9.88 Å². The van der Waals surface area contributed by atoms with Crippen LogP contribution in [0.3, 0.4) is 0 Å². The van der Waals surface area contributed by atoms with Crippen LogP contribution in [0.4, 0.5) is 0 Å². The number of carbonyl (C=O) groups is 1.